The van der Waals surface area contributed by atoms with E-state index in [1.807, 2.05) is 35.0 Å². The molecule has 0 saturated heterocycles. The number of fused-ring (bicyclic) bond motifs is 1. The van der Waals surface area contributed by atoms with E-state index in [2.05, 4.69) is 15.6 Å². The highest BCUT2D eigenvalue weighted by atomic mass is 32.1. The molecule has 6 nitrogen and oxygen atoms in total. The SMILES string of the molecule is CC(=O)NC1CCOc2ccc(-c3csc(NC(=O)c4cccs4)n3)cc21. The molecular formula is C19H17N3O3S2. The van der Waals surface area contributed by atoms with Gasteiger partial charge >= 0.3 is 0 Å². The largest absolute Gasteiger partial charge is 0.493 e. The van der Waals surface area contributed by atoms with Crippen molar-refractivity contribution < 1.29 is 14.3 Å². The molecule has 4 rings (SSSR count). The number of benzene rings is 1. The van der Waals surface area contributed by atoms with Gasteiger partial charge in [-0.25, -0.2) is 4.98 Å². The van der Waals surface area contributed by atoms with Gasteiger partial charge in [0.25, 0.3) is 5.91 Å². The van der Waals surface area contributed by atoms with Crippen LogP contribution in [-0.2, 0) is 4.79 Å². The minimum Gasteiger partial charge on any atom is -0.493 e. The molecule has 138 valence electrons. The fourth-order valence-corrected chi connectivity index (χ4v) is 4.31. The highest BCUT2D eigenvalue weighted by Crippen LogP contribution is 2.36. The van der Waals surface area contributed by atoms with Crippen LogP contribution in [0.3, 0.4) is 0 Å². The molecule has 1 unspecified atom stereocenters. The molecule has 0 bridgehead atoms. The Bertz CT molecular complexity index is 982. The summed E-state index contributed by atoms with van der Waals surface area (Å²) in [6.45, 7) is 2.09. The van der Waals surface area contributed by atoms with E-state index in [-0.39, 0.29) is 17.9 Å². The van der Waals surface area contributed by atoms with E-state index in [4.69, 9.17) is 4.74 Å². The number of carbonyl (C=O) groups excluding carboxylic acids is 2. The number of aromatic nitrogens is 1. The Morgan fingerprint density at radius 3 is 2.93 bits per heavy atom. The number of hydrogen-bond donors (Lipinski definition) is 2. The summed E-state index contributed by atoms with van der Waals surface area (Å²) in [4.78, 5) is 28.8. The van der Waals surface area contributed by atoms with Crippen LogP contribution >= 0.6 is 22.7 Å². The number of thiazole rings is 1. The molecule has 0 radical (unpaired) electrons. The van der Waals surface area contributed by atoms with Gasteiger partial charge in [-0.3, -0.25) is 14.9 Å². The quantitative estimate of drug-likeness (QED) is 0.693. The first-order valence-electron chi connectivity index (χ1n) is 8.45. The first-order chi connectivity index (χ1) is 13.1. The van der Waals surface area contributed by atoms with Crippen molar-refractivity contribution >= 4 is 39.6 Å². The lowest BCUT2D eigenvalue weighted by atomic mass is 9.97. The Morgan fingerprint density at radius 1 is 1.26 bits per heavy atom. The third-order valence-electron chi connectivity index (χ3n) is 4.19. The predicted molar refractivity (Wildman–Crippen MR) is 106 cm³/mol. The van der Waals surface area contributed by atoms with E-state index in [1.54, 1.807) is 6.07 Å². The fourth-order valence-electron chi connectivity index (χ4n) is 2.98. The zero-order valence-corrected chi connectivity index (χ0v) is 16.2. The van der Waals surface area contributed by atoms with E-state index >= 15 is 0 Å². The number of nitrogens with one attached hydrogen (secondary N) is 2. The molecule has 3 aromatic rings. The van der Waals surface area contributed by atoms with Crippen LogP contribution in [-0.4, -0.2) is 23.4 Å². The smallest absolute Gasteiger partial charge is 0.267 e. The van der Waals surface area contributed by atoms with Gasteiger partial charge in [-0.2, -0.15) is 0 Å². The Balaban J connectivity index is 1.56. The lowest BCUT2D eigenvalue weighted by molar-refractivity contribution is -0.119. The summed E-state index contributed by atoms with van der Waals surface area (Å²) in [6, 6.07) is 9.39. The van der Waals surface area contributed by atoms with Crippen molar-refractivity contribution in [2.75, 3.05) is 11.9 Å². The van der Waals surface area contributed by atoms with Crippen LogP contribution in [0.15, 0.2) is 41.1 Å². The lowest BCUT2D eigenvalue weighted by Crippen LogP contribution is -2.30. The topological polar surface area (TPSA) is 80.3 Å². The molecule has 0 aliphatic carbocycles. The first kappa shape index (κ1) is 17.7. The van der Waals surface area contributed by atoms with Crippen molar-refractivity contribution in [3.8, 4) is 17.0 Å². The molecule has 1 aliphatic rings. The summed E-state index contributed by atoms with van der Waals surface area (Å²) in [5.74, 6) is 0.561. The van der Waals surface area contributed by atoms with Gasteiger partial charge in [-0.1, -0.05) is 6.07 Å². The third-order valence-corrected chi connectivity index (χ3v) is 5.82. The fraction of sp³-hybridized carbons (Fsp3) is 0.211. The van der Waals surface area contributed by atoms with Crippen molar-refractivity contribution in [3.05, 3.63) is 51.5 Å². The van der Waals surface area contributed by atoms with Gasteiger partial charge in [-0.05, 0) is 29.6 Å². The van der Waals surface area contributed by atoms with Crippen LogP contribution in [0.1, 0.15) is 34.6 Å². The number of amides is 2. The monoisotopic (exact) mass is 399 g/mol. The van der Waals surface area contributed by atoms with Crippen LogP contribution in [0.5, 0.6) is 5.75 Å². The molecule has 0 spiro atoms. The van der Waals surface area contributed by atoms with Gasteiger partial charge in [-0.15, -0.1) is 22.7 Å². The predicted octanol–water partition coefficient (Wildman–Crippen LogP) is 4.08. The van der Waals surface area contributed by atoms with Crippen molar-refractivity contribution in [1.29, 1.82) is 0 Å². The minimum absolute atomic E-state index is 0.0644. The molecule has 1 atom stereocenters. The second-order valence-corrected chi connectivity index (χ2v) is 7.92. The summed E-state index contributed by atoms with van der Waals surface area (Å²) in [5.41, 5.74) is 2.64. The molecule has 27 heavy (non-hydrogen) atoms. The molecule has 0 fully saturated rings. The van der Waals surface area contributed by atoms with Crippen molar-refractivity contribution in [2.45, 2.75) is 19.4 Å². The summed E-state index contributed by atoms with van der Waals surface area (Å²) < 4.78 is 5.70. The third kappa shape index (κ3) is 3.86. The van der Waals surface area contributed by atoms with E-state index in [0.29, 0.717) is 16.6 Å². The number of hydrogen-bond acceptors (Lipinski definition) is 6. The lowest BCUT2D eigenvalue weighted by Gasteiger charge is -2.26. The molecule has 2 amide bonds. The van der Waals surface area contributed by atoms with Gasteiger partial charge in [0.05, 0.1) is 23.2 Å². The van der Waals surface area contributed by atoms with Crippen LogP contribution in [0.4, 0.5) is 5.13 Å². The first-order valence-corrected chi connectivity index (χ1v) is 10.2. The zero-order chi connectivity index (χ0) is 18.8. The van der Waals surface area contributed by atoms with Crippen LogP contribution in [0.25, 0.3) is 11.3 Å². The zero-order valence-electron chi connectivity index (χ0n) is 14.5. The van der Waals surface area contributed by atoms with Crippen molar-refractivity contribution in [1.82, 2.24) is 10.3 Å². The maximum Gasteiger partial charge on any atom is 0.267 e. The highest BCUT2D eigenvalue weighted by Gasteiger charge is 2.23. The number of ether oxygens (including phenoxy) is 1. The van der Waals surface area contributed by atoms with Crippen molar-refractivity contribution in [3.63, 3.8) is 0 Å². The molecule has 1 aliphatic heterocycles. The Morgan fingerprint density at radius 2 is 2.15 bits per heavy atom. The second kappa shape index (κ2) is 7.50. The maximum absolute atomic E-state index is 12.2. The second-order valence-electron chi connectivity index (χ2n) is 6.11. The number of anilines is 1. The molecule has 3 heterocycles. The maximum atomic E-state index is 12.2. The normalized spacial score (nSPS) is 15.5. The van der Waals surface area contributed by atoms with E-state index < -0.39 is 0 Å². The summed E-state index contributed by atoms with van der Waals surface area (Å²) >= 11 is 2.77. The van der Waals surface area contributed by atoms with Crippen LogP contribution in [0.2, 0.25) is 0 Å². The van der Waals surface area contributed by atoms with Gasteiger partial charge in [0.2, 0.25) is 5.91 Å². The molecular weight excluding hydrogens is 382 g/mol. The van der Waals surface area contributed by atoms with Gasteiger partial charge in [0, 0.05) is 29.9 Å². The summed E-state index contributed by atoms with van der Waals surface area (Å²) in [5, 5.41) is 10.1. The Kier molecular flexibility index (Phi) is 4.91. The average molecular weight is 399 g/mol. The molecule has 2 aromatic heterocycles. The Labute approximate surface area is 164 Å². The minimum atomic E-state index is -0.157. The van der Waals surface area contributed by atoms with Crippen molar-refractivity contribution in [2.24, 2.45) is 0 Å². The molecule has 8 heteroatoms. The van der Waals surface area contributed by atoms with Crippen LogP contribution in [0, 0.1) is 0 Å². The van der Waals surface area contributed by atoms with E-state index in [1.165, 1.54) is 29.6 Å². The molecule has 1 aromatic carbocycles. The van der Waals surface area contributed by atoms with Gasteiger partial charge in [0.1, 0.15) is 5.75 Å². The Hall–Kier alpha value is -2.71. The summed E-state index contributed by atoms with van der Waals surface area (Å²) in [7, 11) is 0. The van der Waals surface area contributed by atoms with Gasteiger partial charge in [0.15, 0.2) is 5.13 Å². The molecule has 2 N–H and O–H groups in total. The van der Waals surface area contributed by atoms with E-state index in [9.17, 15) is 9.59 Å². The average Bonchev–Trinajstić information content (AvgIpc) is 3.33. The number of thiophene rings is 1. The standard InChI is InChI=1S/C19H17N3O3S2/c1-11(23)20-14-6-7-25-16-5-4-12(9-13(14)16)15-10-27-19(21-15)22-18(24)17-3-2-8-26-17/h2-5,8-10,14H,6-7H2,1H3,(H,20,23)(H,21,22,24). The summed E-state index contributed by atoms with van der Waals surface area (Å²) in [6.07, 6.45) is 0.731. The van der Waals surface area contributed by atoms with E-state index in [0.717, 1.165) is 29.0 Å². The van der Waals surface area contributed by atoms with Crippen LogP contribution < -0.4 is 15.4 Å². The number of nitrogens with zero attached hydrogens (tertiary/aromatic N) is 1. The van der Waals surface area contributed by atoms with Gasteiger partial charge < -0.3 is 10.1 Å². The molecule has 0 saturated carbocycles. The number of rotatable bonds is 4. The highest BCUT2D eigenvalue weighted by molar-refractivity contribution is 7.14. The number of carbonyl (C=O) groups is 2.